The summed E-state index contributed by atoms with van der Waals surface area (Å²) in [5, 5.41) is 17.3. The van der Waals surface area contributed by atoms with Gasteiger partial charge < -0.3 is 10.2 Å². The van der Waals surface area contributed by atoms with Crippen molar-refractivity contribution in [2.24, 2.45) is 0 Å². The Morgan fingerprint density at radius 3 is 2.09 bits per heavy atom. The molecule has 1 aromatic carbocycles. The van der Waals surface area contributed by atoms with Crippen molar-refractivity contribution in [2.75, 3.05) is 26.2 Å². The van der Waals surface area contributed by atoms with Crippen LogP contribution in [0.2, 0.25) is 0 Å². The van der Waals surface area contributed by atoms with Crippen LogP contribution in [-0.2, 0) is 29.6 Å². The lowest BCUT2D eigenvalue weighted by atomic mass is 10.2. The third kappa shape index (κ3) is 7.72. The fourth-order valence-corrected chi connectivity index (χ4v) is 2.72. The second-order valence-electron chi connectivity index (χ2n) is 4.51. The van der Waals surface area contributed by atoms with Gasteiger partial charge in [0.05, 0.1) is 19.7 Å². The van der Waals surface area contributed by atoms with Crippen LogP contribution in [0.1, 0.15) is 5.56 Å². The predicted molar refractivity (Wildman–Crippen MR) is 76.7 cm³/mol. The van der Waals surface area contributed by atoms with Gasteiger partial charge in [0.25, 0.3) is 10.1 Å². The Morgan fingerprint density at radius 1 is 1.05 bits per heavy atom. The molecule has 9 heteroatoms. The van der Waals surface area contributed by atoms with Gasteiger partial charge in [0.1, 0.15) is 5.75 Å². The zero-order valence-electron chi connectivity index (χ0n) is 11.7. The van der Waals surface area contributed by atoms with E-state index in [2.05, 4.69) is 0 Å². The van der Waals surface area contributed by atoms with Crippen molar-refractivity contribution in [1.82, 2.24) is 4.90 Å². The van der Waals surface area contributed by atoms with E-state index in [1.165, 1.54) is 0 Å². The first-order valence-electron chi connectivity index (χ1n) is 6.35. The summed E-state index contributed by atoms with van der Waals surface area (Å²) in [4.78, 5) is 22.3. The number of hydrogen-bond acceptors (Lipinski definition) is 6. The van der Waals surface area contributed by atoms with Crippen LogP contribution >= 0.6 is 0 Å². The van der Waals surface area contributed by atoms with Crippen LogP contribution in [0.5, 0.6) is 0 Å². The third-order valence-electron chi connectivity index (χ3n) is 2.57. The second kappa shape index (κ2) is 8.47. The highest BCUT2D eigenvalue weighted by Gasteiger charge is 2.16. The van der Waals surface area contributed by atoms with Gasteiger partial charge in [-0.1, -0.05) is 30.3 Å². The maximum Gasteiger partial charge on any atom is 0.317 e. The molecule has 0 amide bonds. The van der Waals surface area contributed by atoms with E-state index < -0.39 is 35.1 Å². The second-order valence-corrected chi connectivity index (χ2v) is 6.15. The number of carbonyl (C=O) groups is 2. The minimum absolute atomic E-state index is 0.118. The van der Waals surface area contributed by atoms with E-state index in [-0.39, 0.29) is 18.9 Å². The molecule has 0 aliphatic carbocycles. The third-order valence-corrected chi connectivity index (χ3v) is 3.79. The van der Waals surface area contributed by atoms with Gasteiger partial charge in [-0.25, -0.2) is 0 Å². The lowest BCUT2D eigenvalue weighted by Crippen LogP contribution is -2.37. The number of carboxylic acids is 2. The summed E-state index contributed by atoms with van der Waals surface area (Å²) in [6.45, 7) is -1.44. The Hall–Kier alpha value is -1.97. The minimum Gasteiger partial charge on any atom is -0.480 e. The molecular formula is C13H17NO7S. The Balaban J connectivity index is 2.49. The molecular weight excluding hydrogens is 314 g/mol. The number of nitrogens with zero attached hydrogens (tertiary/aromatic N) is 1. The van der Waals surface area contributed by atoms with Crippen LogP contribution < -0.4 is 0 Å². The highest BCUT2D eigenvalue weighted by molar-refractivity contribution is 7.85. The minimum atomic E-state index is -3.81. The summed E-state index contributed by atoms with van der Waals surface area (Å²) in [5.74, 6) is -2.70. The molecule has 0 aromatic heterocycles. The van der Waals surface area contributed by atoms with Crippen LogP contribution in [0.3, 0.4) is 0 Å². The van der Waals surface area contributed by atoms with Gasteiger partial charge in [0.2, 0.25) is 0 Å². The Bertz CT molecular complexity index is 584. The van der Waals surface area contributed by atoms with Gasteiger partial charge in [0, 0.05) is 6.54 Å². The van der Waals surface area contributed by atoms with E-state index in [0.717, 1.165) is 4.90 Å². The Kier molecular flexibility index (Phi) is 6.96. The molecule has 0 bridgehead atoms. The van der Waals surface area contributed by atoms with Crippen LogP contribution in [0.25, 0.3) is 0 Å². The van der Waals surface area contributed by atoms with Gasteiger partial charge in [-0.15, -0.1) is 0 Å². The molecule has 122 valence electrons. The van der Waals surface area contributed by atoms with Crippen molar-refractivity contribution in [2.45, 2.75) is 5.75 Å². The van der Waals surface area contributed by atoms with Gasteiger partial charge >= 0.3 is 11.9 Å². The quantitative estimate of drug-likeness (QED) is 0.575. The molecule has 1 aromatic rings. The zero-order chi connectivity index (χ0) is 16.6. The Morgan fingerprint density at radius 2 is 1.59 bits per heavy atom. The molecule has 0 saturated carbocycles. The van der Waals surface area contributed by atoms with Crippen molar-refractivity contribution >= 4 is 22.1 Å². The monoisotopic (exact) mass is 331 g/mol. The molecule has 0 spiro atoms. The van der Waals surface area contributed by atoms with Crippen LogP contribution in [0.15, 0.2) is 30.3 Å². The molecule has 0 heterocycles. The molecule has 0 unspecified atom stereocenters. The van der Waals surface area contributed by atoms with Gasteiger partial charge in [0.15, 0.2) is 0 Å². The molecule has 0 aliphatic rings. The van der Waals surface area contributed by atoms with Crippen LogP contribution in [0.4, 0.5) is 0 Å². The number of rotatable bonds is 10. The average Bonchev–Trinajstić information content (AvgIpc) is 2.37. The first-order chi connectivity index (χ1) is 10.3. The summed E-state index contributed by atoms with van der Waals surface area (Å²) in [5.41, 5.74) is 0.565. The van der Waals surface area contributed by atoms with E-state index in [9.17, 15) is 18.0 Å². The maximum atomic E-state index is 11.8. The van der Waals surface area contributed by atoms with Crippen molar-refractivity contribution in [3.05, 3.63) is 35.9 Å². The molecule has 0 aliphatic heterocycles. The molecule has 22 heavy (non-hydrogen) atoms. The zero-order valence-corrected chi connectivity index (χ0v) is 12.5. The summed E-state index contributed by atoms with van der Waals surface area (Å²) < 4.78 is 28.3. The maximum absolute atomic E-state index is 11.8. The van der Waals surface area contributed by atoms with E-state index in [4.69, 9.17) is 14.4 Å². The summed E-state index contributed by atoms with van der Waals surface area (Å²) in [6, 6.07) is 8.44. The summed E-state index contributed by atoms with van der Waals surface area (Å²) in [6.07, 6.45) is 0. The number of hydrogen-bond donors (Lipinski definition) is 2. The highest BCUT2D eigenvalue weighted by Crippen LogP contribution is 2.07. The first-order valence-corrected chi connectivity index (χ1v) is 7.93. The smallest absolute Gasteiger partial charge is 0.317 e. The molecule has 0 radical (unpaired) electrons. The fourth-order valence-electron chi connectivity index (χ4n) is 1.71. The standard InChI is InChI=1S/C13H17NO7S/c15-12(16)8-14(9-13(17)18)6-7-21-22(19,20)10-11-4-2-1-3-5-11/h1-5H,6-10H2,(H,15,16)(H,17,18). The van der Waals surface area contributed by atoms with E-state index in [0.29, 0.717) is 5.56 Å². The van der Waals surface area contributed by atoms with Gasteiger partial charge in [-0.3, -0.25) is 18.7 Å². The number of benzene rings is 1. The largest absolute Gasteiger partial charge is 0.480 e. The average molecular weight is 331 g/mol. The predicted octanol–water partition coefficient (Wildman–Crippen LogP) is 0.00420. The lowest BCUT2D eigenvalue weighted by molar-refractivity contribution is -0.141. The first kappa shape index (κ1) is 18.1. The summed E-state index contributed by atoms with van der Waals surface area (Å²) >= 11 is 0. The van der Waals surface area contributed by atoms with Crippen molar-refractivity contribution in [3.63, 3.8) is 0 Å². The number of aliphatic carboxylic acids is 2. The lowest BCUT2D eigenvalue weighted by Gasteiger charge is -2.17. The van der Waals surface area contributed by atoms with Gasteiger partial charge in [-0.05, 0) is 5.56 Å². The topological polar surface area (TPSA) is 121 Å². The van der Waals surface area contributed by atoms with Crippen molar-refractivity contribution < 1.29 is 32.4 Å². The molecule has 1 rings (SSSR count). The van der Waals surface area contributed by atoms with Crippen LogP contribution in [0, 0.1) is 0 Å². The normalized spacial score (nSPS) is 11.5. The SMILES string of the molecule is O=C(O)CN(CCOS(=O)(=O)Cc1ccccc1)CC(=O)O. The van der Waals surface area contributed by atoms with Crippen molar-refractivity contribution in [1.29, 1.82) is 0 Å². The summed E-state index contributed by atoms with van der Waals surface area (Å²) in [7, 11) is -3.81. The Labute approximate surface area is 128 Å². The van der Waals surface area contributed by atoms with Crippen molar-refractivity contribution in [3.8, 4) is 0 Å². The van der Waals surface area contributed by atoms with Crippen LogP contribution in [-0.4, -0.2) is 61.7 Å². The molecule has 0 saturated heterocycles. The van der Waals surface area contributed by atoms with E-state index in [1.54, 1.807) is 30.3 Å². The molecule has 0 fully saturated rings. The van der Waals surface area contributed by atoms with E-state index >= 15 is 0 Å². The van der Waals surface area contributed by atoms with Gasteiger partial charge in [-0.2, -0.15) is 8.42 Å². The molecule has 2 N–H and O–H groups in total. The molecule has 0 atom stereocenters. The number of carboxylic acid groups (broad SMARTS) is 2. The van der Waals surface area contributed by atoms with E-state index in [1.807, 2.05) is 0 Å². The highest BCUT2D eigenvalue weighted by atomic mass is 32.2. The molecule has 8 nitrogen and oxygen atoms in total. The fraction of sp³-hybridized carbons (Fsp3) is 0.385.